The van der Waals surface area contributed by atoms with Crippen LogP contribution >= 0.6 is 0 Å². The number of likely N-dealkylation sites (tertiary alicyclic amines) is 1. The maximum Gasteiger partial charge on any atom is 0.295 e. The van der Waals surface area contributed by atoms with Gasteiger partial charge >= 0.3 is 0 Å². The van der Waals surface area contributed by atoms with Gasteiger partial charge in [0, 0.05) is 37.5 Å². The molecule has 0 aromatic heterocycles. The first-order chi connectivity index (χ1) is 16.3. The van der Waals surface area contributed by atoms with Crippen LogP contribution in [0.15, 0.2) is 48.0 Å². The zero-order valence-electron chi connectivity index (χ0n) is 20.2. The molecule has 0 bridgehead atoms. The number of ketones is 1. The average molecular weight is 470 g/mol. The van der Waals surface area contributed by atoms with Crippen LogP contribution in [0.5, 0.6) is 17.2 Å². The maximum atomic E-state index is 13.2. The molecule has 0 spiro atoms. The van der Waals surface area contributed by atoms with E-state index in [-0.39, 0.29) is 24.0 Å². The maximum absolute atomic E-state index is 13.2. The van der Waals surface area contributed by atoms with Crippen molar-refractivity contribution >= 4 is 17.4 Å². The lowest BCUT2D eigenvalue weighted by Crippen LogP contribution is -2.31. The lowest BCUT2D eigenvalue weighted by atomic mass is 9.94. The molecular weight excluding hydrogens is 438 g/mol. The van der Waals surface area contributed by atoms with Crippen molar-refractivity contribution in [3.8, 4) is 17.2 Å². The third-order valence-corrected chi connectivity index (χ3v) is 5.52. The largest absolute Gasteiger partial charge is 0.507 e. The van der Waals surface area contributed by atoms with Gasteiger partial charge in [-0.25, -0.2) is 0 Å². The summed E-state index contributed by atoms with van der Waals surface area (Å²) in [5.74, 6) is -0.0423. The zero-order chi connectivity index (χ0) is 24.8. The minimum Gasteiger partial charge on any atom is -0.507 e. The molecule has 1 fully saturated rings. The van der Waals surface area contributed by atoms with Crippen LogP contribution in [0.4, 0.5) is 0 Å². The molecule has 8 nitrogen and oxygen atoms in total. The number of hydrogen-bond acceptors (Lipinski definition) is 7. The Morgan fingerprint density at radius 3 is 2.26 bits per heavy atom. The normalized spacial score (nSPS) is 17.4. The third kappa shape index (κ3) is 5.17. The van der Waals surface area contributed by atoms with Gasteiger partial charge in [0.2, 0.25) is 0 Å². The number of hydrogen-bond donors (Lipinski definition) is 1. The Morgan fingerprint density at radius 1 is 1.00 bits per heavy atom. The molecule has 1 amide bonds. The summed E-state index contributed by atoms with van der Waals surface area (Å²) in [4.78, 5) is 27.6. The van der Waals surface area contributed by atoms with E-state index < -0.39 is 17.7 Å². The van der Waals surface area contributed by atoms with E-state index in [1.54, 1.807) is 49.6 Å². The third-order valence-electron chi connectivity index (χ3n) is 5.52. The molecule has 1 aliphatic heterocycles. The predicted octanol–water partition coefficient (Wildman–Crippen LogP) is 3.95. The summed E-state index contributed by atoms with van der Waals surface area (Å²) in [6.07, 6.45) is 0.527. The van der Waals surface area contributed by atoms with Crippen LogP contribution in [0.25, 0.3) is 5.76 Å². The zero-order valence-corrected chi connectivity index (χ0v) is 20.2. The van der Waals surface area contributed by atoms with E-state index in [1.807, 2.05) is 13.8 Å². The lowest BCUT2D eigenvalue weighted by molar-refractivity contribution is -0.140. The highest BCUT2D eigenvalue weighted by Crippen LogP contribution is 2.43. The predicted molar refractivity (Wildman–Crippen MR) is 127 cm³/mol. The number of ether oxygens (including phenoxy) is 4. The fraction of sp³-hybridized carbons (Fsp3) is 0.385. The Kier molecular flexibility index (Phi) is 8.17. The van der Waals surface area contributed by atoms with E-state index >= 15 is 0 Å². The Labute approximate surface area is 199 Å². The molecule has 1 atom stereocenters. The molecule has 1 N–H and O–H groups in total. The summed E-state index contributed by atoms with van der Waals surface area (Å²) in [5.41, 5.74) is 0.980. The van der Waals surface area contributed by atoms with E-state index in [9.17, 15) is 14.7 Å². The van der Waals surface area contributed by atoms with Gasteiger partial charge < -0.3 is 29.0 Å². The number of nitrogens with zero attached hydrogens (tertiary/aromatic N) is 1. The molecule has 2 aromatic rings. The monoisotopic (exact) mass is 469 g/mol. The average Bonchev–Trinajstić information content (AvgIpc) is 3.08. The highest BCUT2D eigenvalue weighted by Gasteiger charge is 2.46. The molecular formula is C26H31NO7. The molecule has 1 saturated heterocycles. The van der Waals surface area contributed by atoms with Crippen LogP contribution in [0.2, 0.25) is 0 Å². The molecule has 1 aliphatic rings. The van der Waals surface area contributed by atoms with Crippen molar-refractivity contribution in [3.05, 3.63) is 59.2 Å². The molecule has 0 saturated carbocycles. The minimum atomic E-state index is -0.829. The molecule has 0 aliphatic carbocycles. The minimum absolute atomic E-state index is 0.000547. The van der Waals surface area contributed by atoms with E-state index in [0.29, 0.717) is 41.4 Å². The van der Waals surface area contributed by atoms with Crippen LogP contribution in [0.3, 0.4) is 0 Å². The van der Waals surface area contributed by atoms with Gasteiger partial charge in [0.25, 0.3) is 11.7 Å². The molecule has 182 valence electrons. The number of aliphatic hydroxyl groups excluding tert-OH is 1. The number of Topliss-reactive ketones (excluding diaryl/α,β-unsaturated/α-hetero) is 1. The lowest BCUT2D eigenvalue weighted by Gasteiger charge is -2.26. The van der Waals surface area contributed by atoms with E-state index in [4.69, 9.17) is 18.9 Å². The molecule has 0 radical (unpaired) electrons. The fourth-order valence-corrected chi connectivity index (χ4v) is 3.98. The van der Waals surface area contributed by atoms with Crippen molar-refractivity contribution in [3.63, 3.8) is 0 Å². The van der Waals surface area contributed by atoms with Crippen LogP contribution in [0, 0.1) is 0 Å². The summed E-state index contributed by atoms with van der Waals surface area (Å²) in [6.45, 7) is 4.53. The molecule has 34 heavy (non-hydrogen) atoms. The standard InChI is InChI=1S/C26H31NO7/c1-16(2)34-18-9-7-17(8-10-18)24(28)22-23(20-12-11-19(32-4)15-21(20)33-5)27(13-6-14-31-3)26(30)25(22)29/h7-12,15-16,23,28H,6,13-14H2,1-5H3/t23-/m0/s1. The number of amides is 1. The van der Waals surface area contributed by atoms with Crippen LogP contribution < -0.4 is 14.2 Å². The van der Waals surface area contributed by atoms with Gasteiger partial charge in [-0.05, 0) is 56.7 Å². The molecule has 1 heterocycles. The Bertz CT molecular complexity index is 1060. The van der Waals surface area contributed by atoms with Gasteiger partial charge in [0.1, 0.15) is 23.0 Å². The Balaban J connectivity index is 2.13. The number of methoxy groups -OCH3 is 3. The molecule has 2 aromatic carbocycles. The van der Waals surface area contributed by atoms with Gasteiger partial charge in [0.05, 0.1) is 31.9 Å². The second kappa shape index (κ2) is 11.1. The van der Waals surface area contributed by atoms with Gasteiger partial charge in [-0.15, -0.1) is 0 Å². The second-order valence-corrected chi connectivity index (χ2v) is 8.14. The Morgan fingerprint density at radius 2 is 1.68 bits per heavy atom. The highest BCUT2D eigenvalue weighted by molar-refractivity contribution is 6.46. The van der Waals surface area contributed by atoms with Crippen molar-refractivity contribution in [2.45, 2.75) is 32.4 Å². The van der Waals surface area contributed by atoms with Gasteiger partial charge in [0.15, 0.2) is 0 Å². The first-order valence-corrected chi connectivity index (χ1v) is 11.1. The number of carbonyl (C=O) groups excluding carboxylic acids is 2. The van der Waals surface area contributed by atoms with Gasteiger partial charge in [-0.3, -0.25) is 9.59 Å². The van der Waals surface area contributed by atoms with Gasteiger partial charge in [-0.1, -0.05) is 0 Å². The van der Waals surface area contributed by atoms with Crippen molar-refractivity contribution in [1.82, 2.24) is 4.90 Å². The molecule has 3 rings (SSSR count). The van der Waals surface area contributed by atoms with Gasteiger partial charge in [-0.2, -0.15) is 0 Å². The van der Waals surface area contributed by atoms with Crippen molar-refractivity contribution in [1.29, 1.82) is 0 Å². The first kappa shape index (κ1) is 25.1. The first-order valence-electron chi connectivity index (χ1n) is 11.1. The van der Waals surface area contributed by atoms with Crippen molar-refractivity contribution in [2.75, 3.05) is 34.5 Å². The summed E-state index contributed by atoms with van der Waals surface area (Å²) in [7, 11) is 4.62. The molecule has 8 heteroatoms. The summed E-state index contributed by atoms with van der Waals surface area (Å²) < 4.78 is 21.6. The number of rotatable bonds is 10. The van der Waals surface area contributed by atoms with Crippen molar-refractivity contribution in [2.24, 2.45) is 0 Å². The number of benzene rings is 2. The summed E-state index contributed by atoms with van der Waals surface area (Å²) in [6, 6.07) is 11.1. The van der Waals surface area contributed by atoms with E-state index in [1.165, 1.54) is 19.1 Å². The number of aliphatic hydroxyl groups is 1. The smallest absolute Gasteiger partial charge is 0.295 e. The van der Waals surface area contributed by atoms with Crippen LogP contribution in [0.1, 0.15) is 37.4 Å². The summed E-state index contributed by atoms with van der Waals surface area (Å²) >= 11 is 0. The van der Waals surface area contributed by atoms with Crippen LogP contribution in [-0.2, 0) is 14.3 Å². The van der Waals surface area contributed by atoms with Crippen molar-refractivity contribution < 1.29 is 33.6 Å². The number of carbonyl (C=O) groups is 2. The Hall–Kier alpha value is -3.52. The second-order valence-electron chi connectivity index (χ2n) is 8.14. The topological polar surface area (TPSA) is 94.5 Å². The highest BCUT2D eigenvalue weighted by atomic mass is 16.5. The molecule has 0 unspecified atom stereocenters. The quantitative estimate of drug-likeness (QED) is 0.244. The fourth-order valence-electron chi connectivity index (χ4n) is 3.98. The van der Waals surface area contributed by atoms with Crippen LogP contribution in [-0.4, -0.2) is 62.3 Å². The summed E-state index contributed by atoms with van der Waals surface area (Å²) in [5, 5.41) is 11.2. The SMILES string of the molecule is COCCCN1C(=O)C(=O)C(=C(O)c2ccc(OC(C)C)cc2)[C@@H]1c1ccc(OC)cc1OC. The van der Waals surface area contributed by atoms with E-state index in [0.717, 1.165) is 0 Å². The van der Waals surface area contributed by atoms with E-state index in [2.05, 4.69) is 0 Å².